The number of carbonyl (C=O) groups is 3. The highest BCUT2D eigenvalue weighted by Gasteiger charge is 2.31. The second-order valence-electron chi connectivity index (χ2n) is 7.12. The molecule has 1 aliphatic rings. The SMILES string of the molecule is Cc1ccc(N2C(=O)CN=C2S[C@H](C)C(=O)NC(=O)NC(C)(C)C)cc1. The number of hydrogen-bond acceptors (Lipinski definition) is 5. The molecule has 2 rings (SSSR count). The van der Waals surface area contributed by atoms with Gasteiger partial charge in [0.2, 0.25) is 5.91 Å². The minimum absolute atomic E-state index is 0.0507. The molecular formula is C18H24N4O3S. The predicted molar refractivity (Wildman–Crippen MR) is 104 cm³/mol. The molecule has 1 aliphatic heterocycles. The van der Waals surface area contributed by atoms with Crippen molar-refractivity contribution in [2.45, 2.75) is 45.4 Å². The Morgan fingerprint density at radius 3 is 2.42 bits per heavy atom. The molecule has 1 aromatic rings. The second kappa shape index (κ2) is 7.90. The van der Waals surface area contributed by atoms with Crippen LogP contribution in [0.3, 0.4) is 0 Å². The largest absolute Gasteiger partial charge is 0.333 e. The molecule has 0 aliphatic carbocycles. The van der Waals surface area contributed by atoms with Gasteiger partial charge in [-0.1, -0.05) is 29.5 Å². The van der Waals surface area contributed by atoms with Crippen molar-refractivity contribution in [3.63, 3.8) is 0 Å². The number of anilines is 1. The van der Waals surface area contributed by atoms with E-state index in [1.165, 1.54) is 4.90 Å². The first-order valence-corrected chi connectivity index (χ1v) is 9.18. The quantitative estimate of drug-likeness (QED) is 0.848. The van der Waals surface area contributed by atoms with Crippen molar-refractivity contribution in [1.29, 1.82) is 0 Å². The Bertz CT molecular complexity index is 738. The van der Waals surface area contributed by atoms with E-state index in [1.54, 1.807) is 6.92 Å². The first kappa shape index (κ1) is 20.0. The molecule has 0 bridgehead atoms. The molecule has 7 nitrogen and oxygen atoms in total. The van der Waals surface area contributed by atoms with E-state index in [1.807, 2.05) is 52.0 Å². The lowest BCUT2D eigenvalue weighted by Crippen LogP contribution is -2.50. The van der Waals surface area contributed by atoms with Crippen LogP contribution in [-0.4, -0.2) is 40.3 Å². The lowest BCUT2D eigenvalue weighted by atomic mass is 10.1. The van der Waals surface area contributed by atoms with E-state index in [0.717, 1.165) is 17.3 Å². The van der Waals surface area contributed by atoms with Crippen molar-refractivity contribution < 1.29 is 14.4 Å². The molecule has 0 fully saturated rings. The molecule has 0 saturated carbocycles. The Kier molecular flexibility index (Phi) is 6.07. The number of aryl methyl sites for hydroxylation is 1. The average molecular weight is 376 g/mol. The maximum atomic E-state index is 12.2. The van der Waals surface area contributed by atoms with Crippen LogP contribution in [0.25, 0.3) is 0 Å². The predicted octanol–water partition coefficient (Wildman–Crippen LogP) is 2.44. The molecule has 0 aromatic heterocycles. The highest BCUT2D eigenvalue weighted by atomic mass is 32.2. The van der Waals surface area contributed by atoms with Crippen LogP contribution in [0.2, 0.25) is 0 Å². The number of amidine groups is 1. The van der Waals surface area contributed by atoms with Gasteiger partial charge in [0.1, 0.15) is 6.54 Å². The normalized spacial score (nSPS) is 15.5. The summed E-state index contributed by atoms with van der Waals surface area (Å²) in [5.74, 6) is -0.586. The van der Waals surface area contributed by atoms with Gasteiger partial charge in [-0.15, -0.1) is 0 Å². The number of benzene rings is 1. The van der Waals surface area contributed by atoms with Crippen LogP contribution in [-0.2, 0) is 9.59 Å². The van der Waals surface area contributed by atoms with Crippen molar-refractivity contribution in [2.75, 3.05) is 11.4 Å². The van der Waals surface area contributed by atoms with Crippen LogP contribution in [0, 0.1) is 6.92 Å². The number of urea groups is 1. The van der Waals surface area contributed by atoms with Crippen molar-refractivity contribution in [3.05, 3.63) is 29.8 Å². The fourth-order valence-corrected chi connectivity index (χ4v) is 3.15. The van der Waals surface area contributed by atoms with E-state index in [0.29, 0.717) is 10.9 Å². The van der Waals surface area contributed by atoms with Gasteiger partial charge < -0.3 is 5.32 Å². The average Bonchev–Trinajstić information content (AvgIpc) is 2.87. The lowest BCUT2D eigenvalue weighted by Gasteiger charge is -2.22. The van der Waals surface area contributed by atoms with Crippen molar-refractivity contribution in [3.8, 4) is 0 Å². The standard InChI is InChI=1S/C18H24N4O3S/c1-11-6-8-13(9-7-11)22-14(23)10-19-17(22)26-12(2)15(24)20-16(25)21-18(3,4)5/h6-9,12H,10H2,1-5H3,(H2,20,21,24,25)/t12-/m1/s1. The van der Waals surface area contributed by atoms with Crippen LogP contribution in [0.5, 0.6) is 0 Å². The van der Waals surface area contributed by atoms with Crippen LogP contribution < -0.4 is 15.5 Å². The number of rotatable bonds is 3. The topological polar surface area (TPSA) is 90.9 Å². The zero-order chi connectivity index (χ0) is 19.5. The van der Waals surface area contributed by atoms with E-state index in [9.17, 15) is 14.4 Å². The minimum atomic E-state index is -0.585. The number of aliphatic imine (C=N–C) groups is 1. The Labute approximate surface area is 157 Å². The molecule has 2 N–H and O–H groups in total. The number of amides is 4. The fraction of sp³-hybridized carbons (Fsp3) is 0.444. The van der Waals surface area contributed by atoms with Crippen molar-refractivity contribution in [1.82, 2.24) is 10.6 Å². The zero-order valence-electron chi connectivity index (χ0n) is 15.6. The summed E-state index contributed by atoms with van der Waals surface area (Å²) in [6.07, 6.45) is 0. The monoisotopic (exact) mass is 376 g/mol. The van der Waals surface area contributed by atoms with E-state index < -0.39 is 22.7 Å². The molecule has 1 aromatic carbocycles. The smallest absolute Gasteiger partial charge is 0.321 e. The molecule has 140 valence electrons. The molecule has 8 heteroatoms. The summed E-state index contributed by atoms with van der Waals surface area (Å²) in [6.45, 7) is 9.17. The van der Waals surface area contributed by atoms with E-state index in [-0.39, 0.29) is 12.5 Å². The highest BCUT2D eigenvalue weighted by molar-refractivity contribution is 8.15. The summed E-state index contributed by atoms with van der Waals surface area (Å²) >= 11 is 1.15. The van der Waals surface area contributed by atoms with Gasteiger partial charge in [-0.25, -0.2) is 4.79 Å². The Balaban J connectivity index is 2.01. The van der Waals surface area contributed by atoms with Crippen LogP contribution in [0.15, 0.2) is 29.3 Å². The molecule has 0 saturated heterocycles. The molecule has 26 heavy (non-hydrogen) atoms. The van der Waals surface area contributed by atoms with Gasteiger partial charge in [0.25, 0.3) is 5.91 Å². The summed E-state index contributed by atoms with van der Waals surface area (Å²) in [5, 5.41) is 4.86. The summed E-state index contributed by atoms with van der Waals surface area (Å²) in [7, 11) is 0. The molecular weight excluding hydrogens is 352 g/mol. The highest BCUT2D eigenvalue weighted by Crippen LogP contribution is 2.26. The van der Waals surface area contributed by atoms with Crippen LogP contribution in [0.4, 0.5) is 10.5 Å². The first-order valence-electron chi connectivity index (χ1n) is 8.30. The fourth-order valence-electron chi connectivity index (χ4n) is 2.22. The summed E-state index contributed by atoms with van der Waals surface area (Å²) in [5.41, 5.74) is 1.36. The van der Waals surface area contributed by atoms with Gasteiger partial charge >= 0.3 is 6.03 Å². The maximum absolute atomic E-state index is 12.2. The summed E-state index contributed by atoms with van der Waals surface area (Å²) < 4.78 is 0. The number of nitrogens with zero attached hydrogens (tertiary/aromatic N) is 2. The number of imide groups is 1. The maximum Gasteiger partial charge on any atom is 0.321 e. The van der Waals surface area contributed by atoms with Crippen molar-refractivity contribution >= 4 is 40.5 Å². The third-order valence-corrected chi connectivity index (χ3v) is 4.55. The Hall–Kier alpha value is -2.35. The van der Waals surface area contributed by atoms with E-state index in [2.05, 4.69) is 15.6 Å². The van der Waals surface area contributed by atoms with Gasteiger partial charge in [-0.05, 0) is 46.8 Å². The molecule has 4 amide bonds. The molecule has 1 atom stereocenters. The van der Waals surface area contributed by atoms with Crippen LogP contribution in [0.1, 0.15) is 33.3 Å². The summed E-state index contributed by atoms with van der Waals surface area (Å²) in [4.78, 5) is 42.0. The molecule has 1 heterocycles. The van der Waals surface area contributed by atoms with E-state index >= 15 is 0 Å². The van der Waals surface area contributed by atoms with Gasteiger partial charge in [-0.2, -0.15) is 0 Å². The lowest BCUT2D eigenvalue weighted by molar-refractivity contribution is -0.119. The molecule has 0 radical (unpaired) electrons. The zero-order valence-corrected chi connectivity index (χ0v) is 16.4. The number of thioether (sulfide) groups is 1. The van der Waals surface area contributed by atoms with Crippen molar-refractivity contribution in [2.24, 2.45) is 4.99 Å². The molecule has 0 spiro atoms. The second-order valence-corrected chi connectivity index (χ2v) is 8.42. The van der Waals surface area contributed by atoms with Gasteiger partial charge in [0.05, 0.1) is 10.9 Å². The third kappa shape index (κ3) is 5.32. The Morgan fingerprint density at radius 2 is 1.85 bits per heavy atom. The number of carbonyl (C=O) groups excluding carboxylic acids is 3. The number of hydrogen-bond donors (Lipinski definition) is 2. The van der Waals surface area contributed by atoms with Gasteiger partial charge in [0, 0.05) is 5.54 Å². The number of nitrogens with one attached hydrogen (secondary N) is 2. The van der Waals surface area contributed by atoms with Gasteiger partial charge in [-0.3, -0.25) is 24.8 Å². The first-order chi connectivity index (χ1) is 12.1. The molecule has 0 unspecified atom stereocenters. The third-order valence-electron chi connectivity index (χ3n) is 3.46. The minimum Gasteiger partial charge on any atom is -0.333 e. The summed E-state index contributed by atoms with van der Waals surface area (Å²) in [6, 6.07) is 6.97. The Morgan fingerprint density at radius 1 is 1.23 bits per heavy atom. The van der Waals surface area contributed by atoms with E-state index in [4.69, 9.17) is 0 Å². The van der Waals surface area contributed by atoms with Crippen LogP contribution >= 0.6 is 11.8 Å². The van der Waals surface area contributed by atoms with Gasteiger partial charge in [0.15, 0.2) is 5.17 Å².